The molecule has 0 saturated carbocycles. The van der Waals surface area contributed by atoms with Crippen LogP contribution in [0.5, 0.6) is 11.5 Å². The molecule has 1 aliphatic rings. The maximum atomic E-state index is 13.4. The first-order chi connectivity index (χ1) is 27.3. The largest absolute Gasteiger partial charge is 0.497 e. The van der Waals surface area contributed by atoms with Gasteiger partial charge in [0, 0.05) is 25.8 Å². The summed E-state index contributed by atoms with van der Waals surface area (Å²) in [7, 11) is 3.64. The minimum atomic E-state index is -1.42. The van der Waals surface area contributed by atoms with Gasteiger partial charge in [0.25, 0.3) is 5.56 Å². The third kappa shape index (κ3) is 8.83. The van der Waals surface area contributed by atoms with Gasteiger partial charge in [-0.2, -0.15) is 15.3 Å². The molecule has 4 atom stereocenters. The molecular weight excluding hydrogens is 733 g/mol. The number of aromatic nitrogens is 4. The lowest BCUT2D eigenvalue weighted by Gasteiger charge is -2.37. The Bertz CT molecular complexity index is 2210. The van der Waals surface area contributed by atoms with E-state index in [1.54, 1.807) is 39.1 Å². The van der Waals surface area contributed by atoms with Crippen LogP contribution in [0.1, 0.15) is 48.4 Å². The molecule has 56 heavy (non-hydrogen) atoms. The minimum Gasteiger partial charge on any atom is -0.497 e. The number of benzene rings is 3. The van der Waals surface area contributed by atoms with Gasteiger partial charge in [0.05, 0.1) is 46.0 Å². The lowest BCUT2D eigenvalue weighted by molar-refractivity contribution is -0.0922. The third-order valence-corrected chi connectivity index (χ3v) is 10.3. The smallest absolute Gasteiger partial charge is 0.264 e. The van der Waals surface area contributed by atoms with Crippen LogP contribution in [0.3, 0.4) is 0 Å². The first kappa shape index (κ1) is 40.2. The molecule has 15 heteroatoms. The van der Waals surface area contributed by atoms with Crippen molar-refractivity contribution in [3.8, 4) is 29.4 Å². The summed E-state index contributed by atoms with van der Waals surface area (Å²) in [6, 6.07) is 27.6. The summed E-state index contributed by atoms with van der Waals surface area (Å²) in [6.07, 6.45) is 0.223. The summed E-state index contributed by atoms with van der Waals surface area (Å²) >= 11 is 0. The van der Waals surface area contributed by atoms with Crippen molar-refractivity contribution >= 4 is 31.6 Å². The first-order valence-electron chi connectivity index (χ1n) is 18.0. The van der Waals surface area contributed by atoms with Crippen LogP contribution in [0.15, 0.2) is 88.6 Å². The van der Waals surface area contributed by atoms with Crippen LogP contribution in [0.4, 0.5) is 5.95 Å². The molecule has 3 heterocycles. The highest BCUT2D eigenvalue weighted by atomic mass is 31.2. The molecule has 0 amide bonds. The van der Waals surface area contributed by atoms with Gasteiger partial charge in [-0.3, -0.25) is 9.78 Å². The Hall–Kier alpha value is -5.44. The minimum absolute atomic E-state index is 0.0594. The summed E-state index contributed by atoms with van der Waals surface area (Å²) in [4.78, 5) is 25.1. The van der Waals surface area contributed by atoms with E-state index in [-0.39, 0.29) is 42.3 Å². The molecule has 1 fully saturated rings. The van der Waals surface area contributed by atoms with Gasteiger partial charge in [0.1, 0.15) is 28.6 Å². The zero-order valence-corrected chi connectivity index (χ0v) is 32.8. The number of nitrogens with zero attached hydrogens (tertiary/aromatic N) is 5. The highest BCUT2D eigenvalue weighted by Crippen LogP contribution is 2.45. The lowest BCUT2D eigenvalue weighted by atomic mass is 9.80. The van der Waals surface area contributed by atoms with Crippen molar-refractivity contribution in [3.63, 3.8) is 0 Å². The number of methoxy groups -OCH3 is 2. The van der Waals surface area contributed by atoms with Gasteiger partial charge in [0.15, 0.2) is 25.9 Å². The first-order valence-corrected chi connectivity index (χ1v) is 19.6. The van der Waals surface area contributed by atoms with Crippen LogP contribution in [-0.4, -0.2) is 85.9 Å². The molecule has 2 aromatic heterocycles. The molecule has 3 aromatic carbocycles. The highest BCUT2D eigenvalue weighted by Gasteiger charge is 2.44. The van der Waals surface area contributed by atoms with Gasteiger partial charge in [-0.05, 0) is 60.8 Å². The summed E-state index contributed by atoms with van der Waals surface area (Å²) in [5, 5.41) is 17.1. The zero-order chi connectivity index (χ0) is 39.5. The van der Waals surface area contributed by atoms with Crippen LogP contribution in [-0.2, 0) is 24.1 Å². The Kier molecular flexibility index (Phi) is 13.6. The standard InChI is InChI=1S/C41H44N7O7P/c1-6-11-33-37-38(45-40(46-39(37)49)44-24-23-43-2)48(47-33)36-26-34(55-56(5)53-25-10-22-42)35(54-36)27-52-41(28-12-8-7-9-13-28,29-14-18-31(50-3)19-15-29)30-16-20-32(51-4)21-17-30/h7-9,12-21,24,34-36,43H,10,23,25-27H2,1-5H3,(H,45,46,49)/b44-24-/t34-,35-,36-,56?/m1/s1. The zero-order valence-electron chi connectivity index (χ0n) is 31.9. The maximum absolute atomic E-state index is 13.4. The van der Waals surface area contributed by atoms with Gasteiger partial charge >= 0.3 is 0 Å². The van der Waals surface area contributed by atoms with E-state index in [2.05, 4.69) is 38.2 Å². The number of H-pyrrole nitrogens is 1. The van der Waals surface area contributed by atoms with E-state index in [1.165, 1.54) is 0 Å². The maximum Gasteiger partial charge on any atom is 0.264 e. The van der Waals surface area contributed by atoms with Crippen molar-refractivity contribution in [1.82, 2.24) is 25.1 Å². The number of aliphatic imine (C=N–C) groups is 1. The Morgan fingerprint density at radius 3 is 2.32 bits per heavy atom. The molecule has 6 rings (SSSR count). The average Bonchev–Trinajstić information content (AvgIpc) is 3.80. The highest BCUT2D eigenvalue weighted by molar-refractivity contribution is 7.46. The summed E-state index contributed by atoms with van der Waals surface area (Å²) in [5.41, 5.74) is 1.59. The second-order valence-electron chi connectivity index (χ2n) is 12.6. The fourth-order valence-electron chi connectivity index (χ4n) is 6.56. The van der Waals surface area contributed by atoms with E-state index in [9.17, 15) is 4.79 Å². The van der Waals surface area contributed by atoms with E-state index in [0.717, 1.165) is 16.7 Å². The van der Waals surface area contributed by atoms with Gasteiger partial charge in [-0.15, -0.1) is 0 Å². The Balaban J connectivity index is 1.43. The van der Waals surface area contributed by atoms with Gasteiger partial charge in [-0.1, -0.05) is 60.5 Å². The van der Waals surface area contributed by atoms with Gasteiger partial charge in [0.2, 0.25) is 5.95 Å². The van der Waals surface area contributed by atoms with Crippen LogP contribution >= 0.6 is 8.38 Å². The van der Waals surface area contributed by atoms with E-state index in [0.29, 0.717) is 24.5 Å². The van der Waals surface area contributed by atoms with Crippen molar-refractivity contribution < 1.29 is 28.0 Å². The fraction of sp³-hybridized carbons (Fsp3) is 0.341. The van der Waals surface area contributed by atoms with Crippen LogP contribution in [0, 0.1) is 23.2 Å². The second kappa shape index (κ2) is 18.9. The summed E-state index contributed by atoms with van der Waals surface area (Å²) in [6.45, 7) is 4.29. The van der Waals surface area contributed by atoms with Crippen LogP contribution < -0.4 is 20.3 Å². The normalized spacial score (nSPS) is 17.4. The quantitative estimate of drug-likeness (QED) is 0.0375. The van der Waals surface area contributed by atoms with Crippen LogP contribution in [0.2, 0.25) is 0 Å². The van der Waals surface area contributed by atoms with E-state index >= 15 is 0 Å². The molecule has 1 unspecified atom stereocenters. The molecule has 2 N–H and O–H groups in total. The lowest BCUT2D eigenvalue weighted by Crippen LogP contribution is -2.38. The molecule has 290 valence electrons. The number of aromatic amines is 1. The number of hydrogen-bond donors (Lipinski definition) is 2. The number of hydrogen-bond acceptors (Lipinski definition) is 12. The molecular formula is C41H44N7O7P. The van der Waals surface area contributed by atoms with Crippen molar-refractivity contribution in [2.45, 2.75) is 43.8 Å². The van der Waals surface area contributed by atoms with Crippen molar-refractivity contribution in [1.29, 1.82) is 5.26 Å². The Morgan fingerprint density at radius 2 is 1.71 bits per heavy atom. The SMILES string of the molecule is CC#Cc1nn([C@H]2C[C@@H](OP(C)OCCC#N)[C@@H](COC(c3ccccc3)(c3ccc(OC)cc3)c3ccc(OC)cc3)O2)c2nc(/N=C\CNC)[nH]c(=O)c12. The summed E-state index contributed by atoms with van der Waals surface area (Å²) in [5.74, 6) is 7.32. The van der Waals surface area contributed by atoms with Crippen molar-refractivity contribution in [2.24, 2.45) is 4.99 Å². The Morgan fingerprint density at radius 1 is 1.05 bits per heavy atom. The monoisotopic (exact) mass is 777 g/mol. The predicted octanol–water partition coefficient (Wildman–Crippen LogP) is 5.98. The third-order valence-electron chi connectivity index (χ3n) is 9.16. The Labute approximate surface area is 326 Å². The van der Waals surface area contributed by atoms with Gasteiger partial charge in [-0.25, -0.2) is 9.67 Å². The molecule has 14 nitrogen and oxygen atoms in total. The molecule has 0 spiro atoms. The van der Waals surface area contributed by atoms with E-state index in [1.807, 2.05) is 85.5 Å². The molecule has 1 aliphatic heterocycles. The van der Waals surface area contributed by atoms with Crippen molar-refractivity contribution in [3.05, 3.63) is 112 Å². The molecule has 1 saturated heterocycles. The summed E-state index contributed by atoms with van der Waals surface area (Å²) < 4.78 is 39.1. The predicted molar refractivity (Wildman–Crippen MR) is 213 cm³/mol. The molecule has 0 aliphatic carbocycles. The van der Waals surface area contributed by atoms with Crippen LogP contribution in [0.25, 0.3) is 11.0 Å². The molecule has 0 radical (unpaired) electrons. The van der Waals surface area contributed by atoms with E-state index < -0.39 is 38.0 Å². The molecule has 5 aromatic rings. The number of ether oxygens (including phenoxy) is 4. The molecule has 0 bridgehead atoms. The topological polar surface area (TPSA) is 167 Å². The number of nitrogens with one attached hydrogen (secondary N) is 2. The van der Waals surface area contributed by atoms with Gasteiger partial charge < -0.3 is 33.3 Å². The second-order valence-corrected chi connectivity index (χ2v) is 14.0. The fourth-order valence-corrected chi connectivity index (χ4v) is 7.57. The van der Waals surface area contributed by atoms with E-state index in [4.69, 9.17) is 38.4 Å². The van der Waals surface area contributed by atoms with Crippen molar-refractivity contribution in [2.75, 3.05) is 47.7 Å². The number of fused-ring (bicyclic) bond motifs is 1. The number of nitriles is 1. The number of rotatable bonds is 17. The average molecular weight is 778 g/mol.